The smallest absolute Gasteiger partial charge is 0.226 e. The molecule has 0 unspecified atom stereocenters. The molecule has 24 heavy (non-hydrogen) atoms. The van der Waals surface area contributed by atoms with E-state index in [1.165, 1.54) is 30.6 Å². The largest absolute Gasteiger partial charge is 0.356 e. The Morgan fingerprint density at radius 1 is 1.25 bits per heavy atom. The molecule has 4 rings (SSSR count). The van der Waals surface area contributed by atoms with Crippen molar-refractivity contribution in [3.05, 3.63) is 52.3 Å². The minimum Gasteiger partial charge on any atom is -0.356 e. The van der Waals surface area contributed by atoms with Crippen molar-refractivity contribution in [2.24, 2.45) is 5.92 Å². The summed E-state index contributed by atoms with van der Waals surface area (Å²) in [5.41, 5.74) is 1.44. The standard InChI is InChI=1S/C19H20N2O2S/c22-18(12-15-14-8-3-4-9-16(14)23-21-15)20-19(13-6-1-2-7-13)17-10-5-11-24-17/h3-5,8-11,13,19H,1-2,6-7,12H2,(H,20,22)/t19-/m0/s1. The van der Waals surface area contributed by atoms with Crippen LogP contribution in [0.15, 0.2) is 46.3 Å². The minimum atomic E-state index is 0.0133. The molecule has 1 N–H and O–H groups in total. The molecule has 1 fully saturated rings. The van der Waals surface area contributed by atoms with Crippen LogP contribution in [0, 0.1) is 5.92 Å². The van der Waals surface area contributed by atoms with E-state index < -0.39 is 0 Å². The fourth-order valence-corrected chi connectivity index (χ4v) is 4.49. The lowest BCUT2D eigenvalue weighted by molar-refractivity contribution is -0.121. The molecule has 1 aliphatic carbocycles. The van der Waals surface area contributed by atoms with Gasteiger partial charge in [0.25, 0.3) is 0 Å². The van der Waals surface area contributed by atoms with E-state index in [2.05, 4.69) is 28.0 Å². The first-order valence-electron chi connectivity index (χ1n) is 8.47. The first-order valence-corrected chi connectivity index (χ1v) is 9.35. The number of carbonyl (C=O) groups is 1. The number of para-hydroxylation sites is 1. The molecule has 5 heteroatoms. The highest BCUT2D eigenvalue weighted by molar-refractivity contribution is 7.10. The van der Waals surface area contributed by atoms with Gasteiger partial charge in [-0.3, -0.25) is 4.79 Å². The first kappa shape index (κ1) is 15.4. The monoisotopic (exact) mass is 340 g/mol. The predicted octanol–water partition coefficient (Wildman–Crippen LogP) is 4.48. The number of nitrogens with zero attached hydrogens (tertiary/aromatic N) is 1. The van der Waals surface area contributed by atoms with E-state index in [0.29, 0.717) is 11.6 Å². The molecule has 0 aliphatic heterocycles. The summed E-state index contributed by atoms with van der Waals surface area (Å²) >= 11 is 1.72. The van der Waals surface area contributed by atoms with E-state index in [9.17, 15) is 4.79 Å². The average molecular weight is 340 g/mol. The third kappa shape index (κ3) is 3.08. The Hall–Kier alpha value is -2.14. The van der Waals surface area contributed by atoms with Crippen LogP contribution in [0.4, 0.5) is 0 Å². The Bertz CT molecular complexity index is 819. The molecule has 1 amide bonds. The Labute approximate surface area is 144 Å². The van der Waals surface area contributed by atoms with Crippen molar-refractivity contribution >= 4 is 28.2 Å². The lowest BCUT2D eigenvalue weighted by Gasteiger charge is -2.23. The highest BCUT2D eigenvalue weighted by Gasteiger charge is 2.28. The van der Waals surface area contributed by atoms with E-state index >= 15 is 0 Å². The van der Waals surface area contributed by atoms with Crippen LogP contribution in [0.1, 0.15) is 42.3 Å². The van der Waals surface area contributed by atoms with Crippen molar-refractivity contribution in [3.63, 3.8) is 0 Å². The number of hydrogen-bond donors (Lipinski definition) is 1. The van der Waals surface area contributed by atoms with Crippen LogP contribution in [0.3, 0.4) is 0 Å². The summed E-state index contributed by atoms with van der Waals surface area (Å²) in [7, 11) is 0. The Kier molecular flexibility index (Phi) is 4.34. The van der Waals surface area contributed by atoms with Gasteiger partial charge in [-0.15, -0.1) is 11.3 Å². The van der Waals surface area contributed by atoms with Gasteiger partial charge in [0.1, 0.15) is 5.69 Å². The normalized spacial score (nSPS) is 16.5. The molecule has 0 saturated heterocycles. The van der Waals surface area contributed by atoms with Gasteiger partial charge in [-0.25, -0.2) is 0 Å². The molecule has 124 valence electrons. The van der Waals surface area contributed by atoms with Gasteiger partial charge in [0.15, 0.2) is 5.58 Å². The van der Waals surface area contributed by atoms with Gasteiger partial charge < -0.3 is 9.84 Å². The number of thiophene rings is 1. The van der Waals surface area contributed by atoms with Crippen molar-refractivity contribution < 1.29 is 9.32 Å². The summed E-state index contributed by atoms with van der Waals surface area (Å²) in [6, 6.07) is 12.0. The van der Waals surface area contributed by atoms with Crippen molar-refractivity contribution in [1.29, 1.82) is 0 Å². The minimum absolute atomic E-state index is 0.0133. The second-order valence-electron chi connectivity index (χ2n) is 6.41. The molecule has 4 nitrogen and oxygen atoms in total. The summed E-state index contributed by atoms with van der Waals surface area (Å²) < 4.78 is 5.30. The molecule has 0 radical (unpaired) electrons. The van der Waals surface area contributed by atoms with Gasteiger partial charge in [-0.2, -0.15) is 0 Å². The van der Waals surface area contributed by atoms with E-state index in [-0.39, 0.29) is 18.4 Å². The molecule has 1 aliphatic rings. The predicted molar refractivity (Wildman–Crippen MR) is 94.9 cm³/mol. The fraction of sp³-hybridized carbons (Fsp3) is 0.368. The Morgan fingerprint density at radius 2 is 2.08 bits per heavy atom. The zero-order valence-electron chi connectivity index (χ0n) is 13.4. The van der Waals surface area contributed by atoms with E-state index in [4.69, 9.17) is 4.52 Å². The highest BCUT2D eigenvalue weighted by Crippen LogP contribution is 2.37. The van der Waals surface area contributed by atoms with Gasteiger partial charge in [-0.05, 0) is 42.3 Å². The number of benzene rings is 1. The average Bonchev–Trinajstić information content (AvgIpc) is 3.35. The van der Waals surface area contributed by atoms with E-state index in [0.717, 1.165) is 11.0 Å². The maximum atomic E-state index is 12.6. The number of aromatic nitrogens is 1. The van der Waals surface area contributed by atoms with Gasteiger partial charge in [-0.1, -0.05) is 36.2 Å². The van der Waals surface area contributed by atoms with Crippen LogP contribution in [-0.2, 0) is 11.2 Å². The second-order valence-corrected chi connectivity index (χ2v) is 7.39. The van der Waals surface area contributed by atoms with Crippen LogP contribution in [0.25, 0.3) is 11.0 Å². The van der Waals surface area contributed by atoms with Crippen LogP contribution in [0.5, 0.6) is 0 Å². The first-order chi connectivity index (χ1) is 11.8. The maximum Gasteiger partial charge on any atom is 0.226 e. The fourth-order valence-electron chi connectivity index (χ4n) is 3.62. The van der Waals surface area contributed by atoms with Crippen molar-refractivity contribution in [2.75, 3.05) is 0 Å². The molecule has 1 atom stereocenters. The number of nitrogens with one attached hydrogen (secondary N) is 1. The molecule has 3 aromatic rings. The SMILES string of the molecule is O=C(Cc1noc2ccccc12)N[C@H](c1cccs1)C1CCCC1. The summed E-state index contributed by atoms with van der Waals surface area (Å²) in [5, 5.41) is 10.3. The van der Waals surface area contributed by atoms with Gasteiger partial charge in [0.2, 0.25) is 5.91 Å². The topological polar surface area (TPSA) is 55.1 Å². The summed E-state index contributed by atoms with van der Waals surface area (Å²) in [4.78, 5) is 13.9. The maximum absolute atomic E-state index is 12.6. The molecule has 2 heterocycles. The summed E-state index contributed by atoms with van der Waals surface area (Å²) in [5.74, 6) is 0.556. The van der Waals surface area contributed by atoms with Gasteiger partial charge in [0, 0.05) is 10.3 Å². The second kappa shape index (κ2) is 6.77. The number of amides is 1. The third-order valence-electron chi connectivity index (χ3n) is 4.82. The number of carbonyl (C=O) groups excluding carboxylic acids is 1. The number of rotatable bonds is 5. The van der Waals surface area contributed by atoms with Crippen molar-refractivity contribution in [2.45, 2.75) is 38.1 Å². The Balaban J connectivity index is 1.51. The van der Waals surface area contributed by atoms with Gasteiger partial charge >= 0.3 is 0 Å². The molecule has 0 spiro atoms. The lowest BCUT2D eigenvalue weighted by Crippen LogP contribution is -2.33. The third-order valence-corrected chi connectivity index (χ3v) is 5.77. The molecular weight excluding hydrogens is 320 g/mol. The number of fused-ring (bicyclic) bond motifs is 1. The summed E-state index contributed by atoms with van der Waals surface area (Å²) in [6.45, 7) is 0. The lowest BCUT2D eigenvalue weighted by atomic mass is 9.96. The number of hydrogen-bond acceptors (Lipinski definition) is 4. The van der Waals surface area contributed by atoms with E-state index in [1.54, 1.807) is 11.3 Å². The molecule has 0 bridgehead atoms. The van der Waals surface area contributed by atoms with Crippen molar-refractivity contribution in [1.82, 2.24) is 10.5 Å². The zero-order valence-corrected chi connectivity index (χ0v) is 14.2. The van der Waals surface area contributed by atoms with Crippen molar-refractivity contribution in [3.8, 4) is 0 Å². The van der Waals surface area contributed by atoms with Crippen LogP contribution >= 0.6 is 11.3 Å². The molecular formula is C19H20N2O2S. The van der Waals surface area contributed by atoms with Gasteiger partial charge in [0.05, 0.1) is 12.5 Å². The van der Waals surface area contributed by atoms with Crippen LogP contribution < -0.4 is 5.32 Å². The van der Waals surface area contributed by atoms with E-state index in [1.807, 2.05) is 24.3 Å². The molecule has 1 aromatic carbocycles. The molecule has 1 saturated carbocycles. The van der Waals surface area contributed by atoms with Crippen LogP contribution in [-0.4, -0.2) is 11.1 Å². The quantitative estimate of drug-likeness (QED) is 0.745. The summed E-state index contributed by atoms with van der Waals surface area (Å²) in [6.07, 6.45) is 5.16. The highest BCUT2D eigenvalue weighted by atomic mass is 32.1. The van der Waals surface area contributed by atoms with Crippen LogP contribution in [0.2, 0.25) is 0 Å². The Morgan fingerprint density at radius 3 is 2.88 bits per heavy atom. The zero-order chi connectivity index (χ0) is 16.4. The molecule has 2 aromatic heterocycles.